The summed E-state index contributed by atoms with van der Waals surface area (Å²) in [5.74, 6) is 1.69. The van der Waals surface area contributed by atoms with Crippen LogP contribution in [0.15, 0.2) is 48.5 Å². The van der Waals surface area contributed by atoms with Crippen molar-refractivity contribution in [2.45, 2.75) is 12.5 Å². The molecule has 0 saturated carbocycles. The highest BCUT2D eigenvalue weighted by atomic mass is 16.5. The standard InChI is InChI=1S/C25H32N4O2/c1-26-12-14-31-20-7-5-18(6-8-20)23-16-25(29-13-11-19(17-29)28(2)3)22-10-9-21(30-4)15-24(22)27-23/h5-10,15-16,19,26H,11-14,17H2,1-4H3. The minimum absolute atomic E-state index is 0.568. The van der Waals surface area contributed by atoms with Crippen LogP contribution in [0.5, 0.6) is 11.5 Å². The summed E-state index contributed by atoms with van der Waals surface area (Å²) in [4.78, 5) is 9.78. The highest BCUT2D eigenvalue weighted by molar-refractivity contribution is 5.95. The van der Waals surface area contributed by atoms with Crippen molar-refractivity contribution in [3.63, 3.8) is 0 Å². The maximum Gasteiger partial charge on any atom is 0.121 e. The number of ether oxygens (including phenoxy) is 2. The first-order chi connectivity index (χ1) is 15.1. The van der Waals surface area contributed by atoms with Crippen molar-refractivity contribution in [3.8, 4) is 22.8 Å². The molecule has 0 bridgehead atoms. The average Bonchev–Trinajstić information content (AvgIpc) is 3.29. The highest BCUT2D eigenvalue weighted by Crippen LogP contribution is 2.35. The van der Waals surface area contributed by atoms with E-state index in [1.54, 1.807) is 7.11 Å². The fraction of sp³-hybridized carbons (Fsp3) is 0.400. The number of methoxy groups -OCH3 is 1. The van der Waals surface area contributed by atoms with Gasteiger partial charge in [-0.1, -0.05) is 0 Å². The number of hydrogen-bond donors (Lipinski definition) is 1. The third-order valence-corrected chi connectivity index (χ3v) is 6.00. The molecule has 6 nitrogen and oxygen atoms in total. The zero-order valence-corrected chi connectivity index (χ0v) is 18.9. The quantitative estimate of drug-likeness (QED) is 0.562. The van der Waals surface area contributed by atoms with Crippen molar-refractivity contribution in [3.05, 3.63) is 48.5 Å². The normalized spacial score (nSPS) is 16.3. The summed E-state index contributed by atoms with van der Waals surface area (Å²) in [6.45, 7) is 3.54. The molecular formula is C25H32N4O2. The second kappa shape index (κ2) is 9.54. The summed E-state index contributed by atoms with van der Waals surface area (Å²) in [7, 11) is 7.94. The Morgan fingerprint density at radius 1 is 1.10 bits per heavy atom. The zero-order valence-electron chi connectivity index (χ0n) is 18.9. The second-order valence-electron chi connectivity index (χ2n) is 8.24. The number of rotatable bonds is 8. The molecule has 3 aromatic rings. The fourth-order valence-electron chi connectivity index (χ4n) is 4.10. The lowest BCUT2D eigenvalue weighted by Crippen LogP contribution is -2.31. The van der Waals surface area contributed by atoms with E-state index in [4.69, 9.17) is 14.5 Å². The van der Waals surface area contributed by atoms with E-state index in [0.717, 1.165) is 53.3 Å². The van der Waals surface area contributed by atoms with Crippen LogP contribution in [0.3, 0.4) is 0 Å². The predicted molar refractivity (Wildman–Crippen MR) is 127 cm³/mol. The Hall–Kier alpha value is -2.83. The van der Waals surface area contributed by atoms with Gasteiger partial charge in [-0.15, -0.1) is 0 Å². The molecule has 2 heterocycles. The van der Waals surface area contributed by atoms with E-state index in [1.807, 2.05) is 31.3 Å². The van der Waals surface area contributed by atoms with E-state index in [2.05, 4.69) is 53.5 Å². The van der Waals surface area contributed by atoms with Crippen molar-refractivity contribution in [1.82, 2.24) is 15.2 Å². The van der Waals surface area contributed by atoms with Gasteiger partial charge in [0.1, 0.15) is 18.1 Å². The van der Waals surface area contributed by atoms with Gasteiger partial charge in [0.05, 0.1) is 18.3 Å². The van der Waals surface area contributed by atoms with Crippen LogP contribution in [0.2, 0.25) is 0 Å². The molecule has 2 aromatic carbocycles. The summed E-state index contributed by atoms with van der Waals surface area (Å²) in [5.41, 5.74) is 4.23. The van der Waals surface area contributed by atoms with Crippen LogP contribution in [-0.2, 0) is 0 Å². The zero-order chi connectivity index (χ0) is 21.8. The molecule has 1 unspecified atom stereocenters. The number of nitrogens with one attached hydrogen (secondary N) is 1. The van der Waals surface area contributed by atoms with Crippen molar-refractivity contribution < 1.29 is 9.47 Å². The number of hydrogen-bond acceptors (Lipinski definition) is 6. The minimum Gasteiger partial charge on any atom is -0.497 e. The van der Waals surface area contributed by atoms with Crippen molar-refractivity contribution in [2.24, 2.45) is 0 Å². The van der Waals surface area contributed by atoms with E-state index < -0.39 is 0 Å². The van der Waals surface area contributed by atoms with Crippen LogP contribution >= 0.6 is 0 Å². The van der Waals surface area contributed by atoms with Crippen LogP contribution in [0.25, 0.3) is 22.2 Å². The van der Waals surface area contributed by atoms with E-state index in [9.17, 15) is 0 Å². The van der Waals surface area contributed by atoms with Gasteiger partial charge < -0.3 is 24.6 Å². The average molecular weight is 421 g/mol. The molecule has 1 N–H and O–H groups in total. The van der Waals surface area contributed by atoms with Crippen LogP contribution in [0.1, 0.15) is 6.42 Å². The topological polar surface area (TPSA) is 49.9 Å². The fourth-order valence-corrected chi connectivity index (χ4v) is 4.10. The van der Waals surface area contributed by atoms with Gasteiger partial charge in [-0.25, -0.2) is 4.98 Å². The van der Waals surface area contributed by atoms with E-state index in [1.165, 1.54) is 12.1 Å². The van der Waals surface area contributed by atoms with Crippen molar-refractivity contribution >= 4 is 16.6 Å². The second-order valence-corrected chi connectivity index (χ2v) is 8.24. The number of nitrogens with zero attached hydrogens (tertiary/aromatic N) is 3. The highest BCUT2D eigenvalue weighted by Gasteiger charge is 2.26. The molecule has 0 amide bonds. The van der Waals surface area contributed by atoms with Crippen molar-refractivity contribution in [1.29, 1.82) is 0 Å². The molecule has 1 atom stereocenters. The Morgan fingerprint density at radius 2 is 1.87 bits per heavy atom. The first kappa shape index (κ1) is 21.4. The van der Waals surface area contributed by atoms with E-state index in [0.29, 0.717) is 12.6 Å². The Labute approximate surface area is 184 Å². The summed E-state index contributed by atoms with van der Waals surface area (Å²) in [6, 6.07) is 17.2. The molecule has 1 saturated heterocycles. The minimum atomic E-state index is 0.568. The number of pyridine rings is 1. The third kappa shape index (κ3) is 4.75. The van der Waals surface area contributed by atoms with Gasteiger partial charge in [0.15, 0.2) is 0 Å². The summed E-state index contributed by atoms with van der Waals surface area (Å²) in [6.07, 6.45) is 1.17. The molecule has 4 rings (SSSR count). The third-order valence-electron chi connectivity index (χ3n) is 6.00. The van der Waals surface area contributed by atoms with Crippen LogP contribution in [0, 0.1) is 0 Å². The molecule has 164 valence electrons. The molecule has 31 heavy (non-hydrogen) atoms. The number of benzene rings is 2. The molecule has 1 aliphatic heterocycles. The maximum atomic E-state index is 5.76. The smallest absolute Gasteiger partial charge is 0.121 e. The summed E-state index contributed by atoms with van der Waals surface area (Å²) < 4.78 is 11.2. The van der Waals surface area contributed by atoms with Gasteiger partial charge in [-0.2, -0.15) is 0 Å². The first-order valence-electron chi connectivity index (χ1n) is 10.9. The molecule has 0 spiro atoms. The lowest BCUT2D eigenvalue weighted by atomic mass is 10.1. The first-order valence-corrected chi connectivity index (χ1v) is 10.9. The molecular weight excluding hydrogens is 388 g/mol. The van der Waals surface area contributed by atoms with E-state index in [-0.39, 0.29) is 0 Å². The molecule has 1 aromatic heterocycles. The Balaban J connectivity index is 1.70. The Bertz CT molecular complexity index is 1020. The lowest BCUT2D eigenvalue weighted by Gasteiger charge is -2.24. The maximum absolute atomic E-state index is 5.76. The Morgan fingerprint density at radius 3 is 2.55 bits per heavy atom. The molecule has 1 fully saturated rings. The molecule has 0 aliphatic carbocycles. The summed E-state index contributed by atoms with van der Waals surface area (Å²) >= 11 is 0. The van der Waals surface area contributed by atoms with Gasteiger partial charge in [0.25, 0.3) is 0 Å². The largest absolute Gasteiger partial charge is 0.497 e. The molecule has 6 heteroatoms. The molecule has 1 aliphatic rings. The van der Waals surface area contributed by atoms with Crippen LogP contribution in [-0.4, -0.2) is 70.4 Å². The SMILES string of the molecule is CNCCOc1ccc(-c2cc(N3CCC(N(C)C)C3)c3ccc(OC)cc3n2)cc1. The van der Waals surface area contributed by atoms with Gasteiger partial charge in [-0.05, 0) is 70.0 Å². The van der Waals surface area contributed by atoms with Crippen molar-refractivity contribution in [2.75, 3.05) is 59.4 Å². The number of likely N-dealkylation sites (N-methyl/N-ethyl adjacent to an activating group) is 2. The monoisotopic (exact) mass is 420 g/mol. The van der Waals surface area contributed by atoms with Gasteiger partial charge >= 0.3 is 0 Å². The molecule has 0 radical (unpaired) electrons. The Kier molecular flexibility index (Phi) is 6.59. The van der Waals surface area contributed by atoms with Gasteiger partial charge in [-0.3, -0.25) is 0 Å². The number of anilines is 1. The van der Waals surface area contributed by atoms with Crippen LogP contribution in [0.4, 0.5) is 5.69 Å². The number of aromatic nitrogens is 1. The van der Waals surface area contributed by atoms with E-state index >= 15 is 0 Å². The van der Waals surface area contributed by atoms with Crippen LogP contribution < -0.4 is 19.7 Å². The summed E-state index contributed by atoms with van der Waals surface area (Å²) in [5, 5.41) is 4.25. The van der Waals surface area contributed by atoms with Gasteiger partial charge in [0.2, 0.25) is 0 Å². The van der Waals surface area contributed by atoms with Gasteiger partial charge in [0, 0.05) is 48.4 Å². The number of fused-ring (bicyclic) bond motifs is 1. The lowest BCUT2D eigenvalue weighted by molar-refractivity contribution is 0.315. The predicted octanol–water partition coefficient (Wildman–Crippen LogP) is 3.65.